The molecule has 0 unspecified atom stereocenters. The Hall–Kier alpha value is -7.49. The molecule has 10 rings (SSSR count). The van der Waals surface area contributed by atoms with Crippen LogP contribution in [0.5, 0.6) is 0 Å². The van der Waals surface area contributed by atoms with E-state index in [1.165, 1.54) is 16.5 Å². The molecule has 56 heavy (non-hydrogen) atoms. The number of nitrogens with zero attached hydrogens (tertiary/aromatic N) is 3. The fraction of sp³-hybridized carbons (Fsp3) is 0. The van der Waals surface area contributed by atoms with Gasteiger partial charge in [0.05, 0.1) is 22.6 Å². The summed E-state index contributed by atoms with van der Waals surface area (Å²) in [5, 5.41) is 3.48. The van der Waals surface area contributed by atoms with Crippen molar-refractivity contribution in [3.8, 4) is 78.5 Å². The van der Waals surface area contributed by atoms with Crippen molar-refractivity contribution in [1.29, 1.82) is 0 Å². The molecule has 0 saturated heterocycles. The van der Waals surface area contributed by atoms with Crippen molar-refractivity contribution < 1.29 is 0 Å². The summed E-state index contributed by atoms with van der Waals surface area (Å²) in [6.45, 7) is 0. The Bertz CT molecular complexity index is 3000. The van der Waals surface area contributed by atoms with Gasteiger partial charge < -0.3 is 0 Å². The van der Waals surface area contributed by atoms with Crippen LogP contribution in [0, 0.1) is 0 Å². The van der Waals surface area contributed by atoms with Crippen LogP contribution < -0.4 is 0 Å². The van der Waals surface area contributed by atoms with Crippen molar-refractivity contribution in [2.45, 2.75) is 0 Å². The molecule has 0 radical (unpaired) electrons. The maximum absolute atomic E-state index is 5.37. The normalized spacial score (nSPS) is 11.2. The minimum absolute atomic E-state index is 0.689. The summed E-state index contributed by atoms with van der Waals surface area (Å²) in [4.78, 5) is 15.7. The fourth-order valence-electron chi connectivity index (χ4n) is 7.72. The lowest BCUT2D eigenvalue weighted by Gasteiger charge is -2.15. The summed E-state index contributed by atoms with van der Waals surface area (Å²) >= 11 is 0. The highest BCUT2D eigenvalue weighted by molar-refractivity contribution is 6.17. The van der Waals surface area contributed by atoms with E-state index in [4.69, 9.17) is 15.0 Å². The molecule has 0 spiro atoms. The minimum Gasteiger partial charge on any atom is -0.247 e. The Balaban J connectivity index is 1.12. The van der Waals surface area contributed by atoms with Crippen molar-refractivity contribution in [3.63, 3.8) is 0 Å². The summed E-state index contributed by atoms with van der Waals surface area (Å²) in [5.41, 5.74) is 14.7. The Morgan fingerprint density at radius 3 is 1.46 bits per heavy atom. The number of benzene rings is 8. The molecule has 262 valence electrons. The smallest absolute Gasteiger partial charge is 0.160 e. The lowest BCUT2D eigenvalue weighted by atomic mass is 9.92. The molecule has 0 amide bonds. The van der Waals surface area contributed by atoms with Gasteiger partial charge in [-0.1, -0.05) is 188 Å². The molecule has 0 saturated carbocycles. The number of rotatable bonds is 7. The first-order valence-corrected chi connectivity index (χ1v) is 18.9. The minimum atomic E-state index is 0.689. The highest BCUT2D eigenvalue weighted by Gasteiger charge is 2.16. The van der Waals surface area contributed by atoms with Gasteiger partial charge in [-0.25, -0.2) is 15.0 Å². The lowest BCUT2D eigenvalue weighted by Crippen LogP contribution is -1.96. The molecule has 8 aromatic carbocycles. The predicted octanol–water partition coefficient (Wildman–Crippen LogP) is 13.8. The Morgan fingerprint density at radius 2 is 0.768 bits per heavy atom. The molecule has 3 heteroatoms. The number of hydrogen-bond donors (Lipinski definition) is 0. The Kier molecular flexibility index (Phi) is 8.51. The van der Waals surface area contributed by atoms with Gasteiger partial charge in [-0.2, -0.15) is 0 Å². The predicted molar refractivity (Wildman–Crippen MR) is 233 cm³/mol. The summed E-state index contributed by atoms with van der Waals surface area (Å²) < 4.78 is 0. The van der Waals surface area contributed by atoms with Crippen LogP contribution in [-0.4, -0.2) is 15.0 Å². The van der Waals surface area contributed by atoms with E-state index in [0.717, 1.165) is 77.9 Å². The maximum Gasteiger partial charge on any atom is 0.160 e. The average molecular weight is 714 g/mol. The molecular weight excluding hydrogens is 679 g/mol. The lowest BCUT2D eigenvalue weighted by molar-refractivity contribution is 1.18. The molecule has 0 aliphatic rings. The van der Waals surface area contributed by atoms with Gasteiger partial charge >= 0.3 is 0 Å². The first-order chi connectivity index (χ1) is 27.7. The van der Waals surface area contributed by atoms with Gasteiger partial charge in [0.25, 0.3) is 0 Å². The van der Waals surface area contributed by atoms with Gasteiger partial charge in [-0.05, 0) is 57.6 Å². The van der Waals surface area contributed by atoms with Crippen LogP contribution >= 0.6 is 0 Å². The second-order valence-electron chi connectivity index (χ2n) is 14.0. The van der Waals surface area contributed by atoms with Gasteiger partial charge in [0.1, 0.15) is 0 Å². The van der Waals surface area contributed by atoms with Crippen molar-refractivity contribution in [1.82, 2.24) is 15.0 Å². The Labute approximate surface area is 326 Å². The van der Waals surface area contributed by atoms with E-state index >= 15 is 0 Å². The van der Waals surface area contributed by atoms with Crippen LogP contribution in [0.3, 0.4) is 0 Å². The van der Waals surface area contributed by atoms with Crippen LogP contribution in [0.15, 0.2) is 212 Å². The van der Waals surface area contributed by atoms with Gasteiger partial charge in [0, 0.05) is 38.4 Å². The van der Waals surface area contributed by atoms with E-state index in [1.807, 2.05) is 12.1 Å². The zero-order valence-electron chi connectivity index (χ0n) is 30.5. The van der Waals surface area contributed by atoms with Crippen molar-refractivity contribution in [3.05, 3.63) is 212 Å². The van der Waals surface area contributed by atoms with E-state index in [-0.39, 0.29) is 0 Å². The van der Waals surface area contributed by atoms with Crippen LogP contribution in [0.4, 0.5) is 0 Å². The van der Waals surface area contributed by atoms with Crippen molar-refractivity contribution in [2.24, 2.45) is 0 Å². The Morgan fingerprint density at radius 1 is 0.268 bits per heavy atom. The second kappa shape index (κ2) is 14.4. The van der Waals surface area contributed by atoms with Crippen LogP contribution in [0.2, 0.25) is 0 Å². The number of pyridine rings is 1. The number of hydrogen-bond acceptors (Lipinski definition) is 3. The number of aromatic nitrogens is 3. The zero-order valence-corrected chi connectivity index (χ0v) is 30.5. The number of fused-ring (bicyclic) bond motifs is 3. The van der Waals surface area contributed by atoms with Gasteiger partial charge in [0.15, 0.2) is 5.82 Å². The van der Waals surface area contributed by atoms with Crippen molar-refractivity contribution >= 4 is 21.7 Å². The third-order valence-corrected chi connectivity index (χ3v) is 10.5. The van der Waals surface area contributed by atoms with E-state index in [0.29, 0.717) is 5.82 Å². The van der Waals surface area contributed by atoms with E-state index < -0.39 is 0 Å². The van der Waals surface area contributed by atoms with Crippen LogP contribution in [0.25, 0.3) is 100 Å². The molecule has 0 bridgehead atoms. The molecule has 10 aromatic rings. The third-order valence-electron chi connectivity index (χ3n) is 10.5. The quantitative estimate of drug-likeness (QED) is 0.154. The second-order valence-corrected chi connectivity index (χ2v) is 14.0. The molecule has 0 aliphatic carbocycles. The largest absolute Gasteiger partial charge is 0.247 e. The maximum atomic E-state index is 5.37. The summed E-state index contributed by atoms with van der Waals surface area (Å²) in [5.74, 6) is 0.689. The highest BCUT2D eigenvalue weighted by Crippen LogP contribution is 2.40. The van der Waals surface area contributed by atoms with Crippen LogP contribution in [-0.2, 0) is 0 Å². The topological polar surface area (TPSA) is 38.7 Å². The van der Waals surface area contributed by atoms with Gasteiger partial charge in [0.2, 0.25) is 0 Å². The molecule has 0 atom stereocenters. The third kappa shape index (κ3) is 6.31. The summed E-state index contributed by atoms with van der Waals surface area (Å²) in [7, 11) is 0. The van der Waals surface area contributed by atoms with E-state index in [1.54, 1.807) is 0 Å². The zero-order chi connectivity index (χ0) is 37.3. The van der Waals surface area contributed by atoms with Gasteiger partial charge in [-0.15, -0.1) is 0 Å². The fourth-order valence-corrected chi connectivity index (χ4v) is 7.72. The first kappa shape index (κ1) is 33.1. The molecule has 2 aromatic heterocycles. The monoisotopic (exact) mass is 713 g/mol. The van der Waals surface area contributed by atoms with Crippen molar-refractivity contribution in [2.75, 3.05) is 0 Å². The highest BCUT2D eigenvalue weighted by atomic mass is 14.9. The summed E-state index contributed by atoms with van der Waals surface area (Å²) in [6, 6.07) is 74.5. The van der Waals surface area contributed by atoms with Gasteiger partial charge in [-0.3, -0.25) is 0 Å². The molecule has 0 aliphatic heterocycles. The molecule has 3 nitrogen and oxygen atoms in total. The molecular formula is C53H35N3. The summed E-state index contributed by atoms with van der Waals surface area (Å²) in [6.07, 6.45) is 0. The first-order valence-electron chi connectivity index (χ1n) is 18.9. The van der Waals surface area contributed by atoms with Crippen LogP contribution in [0.1, 0.15) is 0 Å². The molecule has 0 fully saturated rings. The SMILES string of the molecule is c1ccc(-c2cccc(-c3nc(-c4ccccc4)cc(-c4cccc(-c5ccc6c(c5)nc(-c5ccccc5)c5cccc(-c7ccccc7)c56)c4)n3)c2)cc1. The molecule has 0 N–H and O–H groups in total. The van der Waals surface area contributed by atoms with E-state index in [2.05, 4.69) is 200 Å². The molecule has 2 heterocycles. The standard InChI is InChI=1S/C53H35N3/c1-5-16-36(17-6-1)40-24-14-27-44(33-40)53-55-48(38-20-9-3-10-21-38)35-49(56-53)43-26-13-25-41(32-43)42-30-31-46-50(34-42)54-52(39-22-11-4-12-23-39)47-29-15-28-45(51(46)47)37-18-7-2-8-19-37/h1-35H. The van der Waals surface area contributed by atoms with E-state index in [9.17, 15) is 0 Å². The average Bonchev–Trinajstić information content (AvgIpc) is 3.29.